The maximum atomic E-state index is 13.7. The highest BCUT2D eigenvalue weighted by atomic mass is 35.5. The number of halogens is 2. The molecular weight excluding hydrogens is 469 g/mol. The van der Waals surface area contributed by atoms with Crippen LogP contribution in [0.1, 0.15) is 25.3 Å². The Kier molecular flexibility index (Phi) is 6.88. The number of hydrogen-bond acceptors (Lipinski definition) is 5. The number of likely N-dealkylation sites (tertiary alicyclic amines) is 1. The molecule has 3 aromatic rings. The van der Waals surface area contributed by atoms with Crippen molar-refractivity contribution in [2.45, 2.75) is 26.3 Å². The van der Waals surface area contributed by atoms with Crippen LogP contribution in [0.4, 0.5) is 5.13 Å². The Hall–Kier alpha value is -2.35. The van der Waals surface area contributed by atoms with Gasteiger partial charge in [0.05, 0.1) is 23.9 Å². The van der Waals surface area contributed by atoms with E-state index in [9.17, 15) is 9.59 Å². The average Bonchev–Trinajstić information content (AvgIpc) is 3.21. The largest absolute Gasteiger partial charge is 0.497 e. The number of ether oxygens (including phenoxy) is 1. The Balaban J connectivity index is 1.66. The predicted molar refractivity (Wildman–Crippen MR) is 129 cm³/mol. The van der Waals surface area contributed by atoms with Crippen molar-refractivity contribution in [1.29, 1.82) is 0 Å². The van der Waals surface area contributed by atoms with Crippen molar-refractivity contribution in [3.05, 3.63) is 52.0 Å². The third kappa shape index (κ3) is 4.85. The summed E-state index contributed by atoms with van der Waals surface area (Å²) in [6, 6.07) is 10.9. The number of methoxy groups -OCH3 is 1. The van der Waals surface area contributed by atoms with Gasteiger partial charge in [-0.25, -0.2) is 4.98 Å². The van der Waals surface area contributed by atoms with Crippen LogP contribution in [0.5, 0.6) is 5.75 Å². The van der Waals surface area contributed by atoms with Crippen molar-refractivity contribution in [3.63, 3.8) is 0 Å². The van der Waals surface area contributed by atoms with Crippen molar-refractivity contribution < 1.29 is 14.3 Å². The molecule has 1 saturated heterocycles. The number of carbonyl (C=O) groups excluding carboxylic acids is 2. The smallest absolute Gasteiger partial charge is 0.232 e. The van der Waals surface area contributed by atoms with Crippen LogP contribution in [0.15, 0.2) is 36.4 Å². The summed E-state index contributed by atoms with van der Waals surface area (Å²) >= 11 is 13.9. The Morgan fingerprint density at radius 2 is 1.94 bits per heavy atom. The predicted octanol–water partition coefficient (Wildman–Crippen LogP) is 5.40. The summed E-state index contributed by atoms with van der Waals surface area (Å²) in [6.07, 6.45) is 1.25. The summed E-state index contributed by atoms with van der Waals surface area (Å²) in [5, 5.41) is 1.66. The number of aromatic nitrogens is 1. The first-order valence-electron chi connectivity index (χ1n) is 10.3. The summed E-state index contributed by atoms with van der Waals surface area (Å²) in [5.74, 6) is 0.590. The lowest BCUT2D eigenvalue weighted by molar-refractivity contribution is -0.133. The molecule has 0 radical (unpaired) electrons. The molecular formula is C23H23Cl2N3O3S. The summed E-state index contributed by atoms with van der Waals surface area (Å²) in [6.45, 7) is 3.02. The van der Waals surface area contributed by atoms with E-state index in [1.165, 1.54) is 11.3 Å². The summed E-state index contributed by atoms with van der Waals surface area (Å²) in [4.78, 5) is 33.5. The van der Waals surface area contributed by atoms with Gasteiger partial charge in [-0.2, -0.15) is 0 Å². The molecule has 0 bridgehead atoms. The zero-order valence-corrected chi connectivity index (χ0v) is 20.1. The monoisotopic (exact) mass is 491 g/mol. The van der Waals surface area contributed by atoms with Gasteiger partial charge >= 0.3 is 0 Å². The van der Waals surface area contributed by atoms with E-state index < -0.39 is 0 Å². The van der Waals surface area contributed by atoms with E-state index in [-0.39, 0.29) is 17.7 Å². The van der Waals surface area contributed by atoms with E-state index in [0.717, 1.165) is 21.5 Å². The molecule has 1 aromatic heterocycles. The van der Waals surface area contributed by atoms with Gasteiger partial charge in [-0.05, 0) is 48.7 Å². The van der Waals surface area contributed by atoms with Gasteiger partial charge in [0.2, 0.25) is 11.8 Å². The zero-order valence-electron chi connectivity index (χ0n) is 17.8. The van der Waals surface area contributed by atoms with Crippen molar-refractivity contribution in [2.24, 2.45) is 5.92 Å². The highest BCUT2D eigenvalue weighted by Crippen LogP contribution is 2.35. The summed E-state index contributed by atoms with van der Waals surface area (Å²) in [5.41, 5.74) is 1.60. The first kappa shape index (κ1) is 22.8. The van der Waals surface area contributed by atoms with Crippen molar-refractivity contribution in [2.75, 3.05) is 25.1 Å². The Bertz CT molecular complexity index is 1160. The van der Waals surface area contributed by atoms with Gasteiger partial charge in [-0.1, -0.05) is 40.6 Å². The molecule has 2 aromatic carbocycles. The molecule has 0 N–H and O–H groups in total. The number of amides is 2. The van der Waals surface area contributed by atoms with Crippen LogP contribution in [0.2, 0.25) is 10.0 Å². The fourth-order valence-electron chi connectivity index (χ4n) is 3.86. The second-order valence-corrected chi connectivity index (χ2v) is 9.62. The molecule has 0 atom stereocenters. The van der Waals surface area contributed by atoms with Gasteiger partial charge in [0.1, 0.15) is 5.75 Å². The fraction of sp³-hybridized carbons (Fsp3) is 0.348. The summed E-state index contributed by atoms with van der Waals surface area (Å²) in [7, 11) is 1.62. The number of fused-ring (bicyclic) bond motifs is 1. The molecule has 0 aliphatic carbocycles. The SMILES string of the molecule is COc1ccc2nc(N(Cc3ccc(Cl)cc3Cl)C(=O)C3CCN(C(C)=O)CC3)sc2c1. The number of carbonyl (C=O) groups is 2. The minimum Gasteiger partial charge on any atom is -0.497 e. The van der Waals surface area contributed by atoms with Crippen LogP contribution in [0.25, 0.3) is 10.2 Å². The lowest BCUT2D eigenvalue weighted by Crippen LogP contribution is -2.43. The van der Waals surface area contributed by atoms with Gasteiger partial charge in [0.25, 0.3) is 0 Å². The van der Waals surface area contributed by atoms with E-state index in [2.05, 4.69) is 0 Å². The van der Waals surface area contributed by atoms with Crippen LogP contribution in [0.3, 0.4) is 0 Å². The Labute approximate surface area is 200 Å². The molecule has 4 rings (SSSR count). The lowest BCUT2D eigenvalue weighted by atomic mass is 9.95. The molecule has 0 unspecified atom stereocenters. The van der Waals surface area contributed by atoms with E-state index in [4.69, 9.17) is 32.9 Å². The Morgan fingerprint density at radius 1 is 1.19 bits per heavy atom. The molecule has 1 aliphatic rings. The lowest BCUT2D eigenvalue weighted by Gasteiger charge is -2.33. The molecule has 9 heteroatoms. The molecule has 32 heavy (non-hydrogen) atoms. The number of rotatable bonds is 5. The standard InChI is InChI=1S/C23H23Cl2N3O3S/c1-14(29)27-9-7-15(8-10-27)22(30)28(13-16-3-4-17(24)11-19(16)25)23-26-20-6-5-18(31-2)12-21(20)32-23/h3-6,11-12,15H,7-10,13H2,1-2H3. The number of nitrogens with zero attached hydrogens (tertiary/aromatic N) is 3. The maximum absolute atomic E-state index is 13.7. The number of hydrogen-bond donors (Lipinski definition) is 0. The molecule has 6 nitrogen and oxygen atoms in total. The normalized spacial score (nSPS) is 14.6. The molecule has 0 saturated carbocycles. The van der Waals surface area contributed by atoms with E-state index in [1.807, 2.05) is 24.3 Å². The number of benzene rings is 2. The number of anilines is 1. The topological polar surface area (TPSA) is 62.7 Å². The molecule has 2 amide bonds. The van der Waals surface area contributed by atoms with Crippen molar-refractivity contribution >= 4 is 61.7 Å². The van der Waals surface area contributed by atoms with E-state index in [1.54, 1.807) is 36.0 Å². The number of thiazole rings is 1. The third-order valence-electron chi connectivity index (χ3n) is 5.71. The minimum absolute atomic E-state index is 0.00904. The Morgan fingerprint density at radius 3 is 2.59 bits per heavy atom. The van der Waals surface area contributed by atoms with Gasteiger partial charge in [0, 0.05) is 36.0 Å². The van der Waals surface area contributed by atoms with Crippen LogP contribution in [0, 0.1) is 5.92 Å². The summed E-state index contributed by atoms with van der Waals surface area (Å²) < 4.78 is 6.26. The fourth-order valence-corrected chi connectivity index (χ4v) is 5.32. The van der Waals surface area contributed by atoms with Crippen LogP contribution >= 0.6 is 34.5 Å². The number of piperidine rings is 1. The van der Waals surface area contributed by atoms with Crippen molar-refractivity contribution in [3.8, 4) is 5.75 Å². The van der Waals surface area contributed by atoms with Gasteiger partial charge in [-0.15, -0.1) is 0 Å². The van der Waals surface area contributed by atoms with E-state index >= 15 is 0 Å². The van der Waals surface area contributed by atoms with Gasteiger partial charge in [-0.3, -0.25) is 14.5 Å². The molecule has 168 valence electrons. The molecule has 0 spiro atoms. The quantitative estimate of drug-likeness (QED) is 0.478. The second kappa shape index (κ2) is 9.65. The molecule has 2 heterocycles. The zero-order chi connectivity index (χ0) is 22.8. The van der Waals surface area contributed by atoms with E-state index in [0.29, 0.717) is 47.7 Å². The van der Waals surface area contributed by atoms with Crippen molar-refractivity contribution in [1.82, 2.24) is 9.88 Å². The molecule has 1 aliphatic heterocycles. The first-order chi connectivity index (χ1) is 15.4. The first-order valence-corrected chi connectivity index (χ1v) is 11.9. The minimum atomic E-state index is -0.182. The van der Waals surface area contributed by atoms with Crippen LogP contribution < -0.4 is 9.64 Å². The van der Waals surface area contributed by atoms with Crippen LogP contribution in [-0.4, -0.2) is 41.9 Å². The van der Waals surface area contributed by atoms with Gasteiger partial charge < -0.3 is 9.64 Å². The highest BCUT2D eigenvalue weighted by Gasteiger charge is 2.32. The maximum Gasteiger partial charge on any atom is 0.232 e. The van der Waals surface area contributed by atoms with Crippen LogP contribution in [-0.2, 0) is 16.1 Å². The highest BCUT2D eigenvalue weighted by molar-refractivity contribution is 7.22. The second-order valence-electron chi connectivity index (χ2n) is 7.77. The average molecular weight is 492 g/mol. The van der Waals surface area contributed by atoms with Gasteiger partial charge in [0.15, 0.2) is 5.13 Å². The third-order valence-corrected chi connectivity index (χ3v) is 7.34. The molecule has 1 fully saturated rings.